The Balaban J connectivity index is 4.78. The first-order chi connectivity index (χ1) is 41.2. The second kappa shape index (κ2) is 64.6. The van der Waals surface area contributed by atoms with Crippen molar-refractivity contribution in [3.05, 3.63) is 134 Å². The van der Waals surface area contributed by atoms with Gasteiger partial charge >= 0.3 is 25.7 Å². The number of esters is 3. The molecule has 0 saturated carbocycles. The van der Waals surface area contributed by atoms with Crippen LogP contribution in [0.4, 0.5) is 0 Å². The summed E-state index contributed by atoms with van der Waals surface area (Å²) in [5, 5.41) is 9.87. The van der Waals surface area contributed by atoms with Gasteiger partial charge in [-0.25, -0.2) is 4.57 Å². The van der Waals surface area contributed by atoms with Crippen LogP contribution in [0.1, 0.15) is 265 Å². The molecule has 0 heterocycles. The molecule has 0 spiro atoms. The number of ether oxygens (including phenoxy) is 3. The van der Waals surface area contributed by atoms with E-state index < -0.39 is 57.8 Å². The summed E-state index contributed by atoms with van der Waals surface area (Å²) in [5.74, 6) is -1.53. The van der Waals surface area contributed by atoms with E-state index in [0.717, 1.165) is 148 Å². The van der Waals surface area contributed by atoms with Gasteiger partial charge in [-0.1, -0.05) is 244 Å². The summed E-state index contributed by atoms with van der Waals surface area (Å²) in [6.07, 6.45) is 82.5. The van der Waals surface area contributed by atoms with E-state index in [-0.39, 0.29) is 25.9 Å². The molecule has 478 valence electrons. The minimum atomic E-state index is -4.78. The van der Waals surface area contributed by atoms with Gasteiger partial charge in [-0.2, -0.15) is 0 Å². The summed E-state index contributed by atoms with van der Waals surface area (Å²) in [4.78, 5) is 48.8. The van der Waals surface area contributed by atoms with Gasteiger partial charge in [0.1, 0.15) is 12.7 Å². The van der Waals surface area contributed by atoms with Crippen molar-refractivity contribution in [1.82, 2.24) is 0 Å². The fraction of sp³-hybridized carbons (Fsp3) is 0.653. The van der Waals surface area contributed by atoms with Gasteiger partial charge in [0.2, 0.25) is 0 Å². The first-order valence-electron chi connectivity index (χ1n) is 33.1. The van der Waals surface area contributed by atoms with E-state index in [1.807, 2.05) is 0 Å². The number of carbonyl (C=O) groups excluding carboxylic acids is 3. The minimum absolute atomic E-state index is 0.118. The summed E-state index contributed by atoms with van der Waals surface area (Å²) < 4.78 is 39.7. The Kier molecular flexibility index (Phi) is 61.2. The van der Waals surface area contributed by atoms with E-state index in [4.69, 9.17) is 23.3 Å². The van der Waals surface area contributed by atoms with Gasteiger partial charge in [0.25, 0.3) is 0 Å². The quantitative estimate of drug-likeness (QED) is 0.0197. The molecule has 0 aromatic carbocycles. The topological polar surface area (TPSA) is 155 Å². The van der Waals surface area contributed by atoms with Crippen LogP contribution in [-0.4, -0.2) is 66.5 Å². The fourth-order valence-electron chi connectivity index (χ4n) is 8.58. The number of hydrogen-bond donors (Lipinski definition) is 2. The number of phosphoric acid groups is 1. The highest BCUT2D eigenvalue weighted by molar-refractivity contribution is 7.47. The molecule has 0 aliphatic carbocycles. The summed E-state index contributed by atoms with van der Waals surface area (Å²) >= 11 is 0. The molecule has 2 N–H and O–H groups in total. The predicted octanol–water partition coefficient (Wildman–Crippen LogP) is 20.5. The molecular formula is C72H119O11P. The fourth-order valence-corrected chi connectivity index (χ4v) is 9.36. The van der Waals surface area contributed by atoms with Crippen molar-refractivity contribution in [2.24, 2.45) is 0 Å². The molecule has 0 radical (unpaired) electrons. The Morgan fingerprint density at radius 3 is 0.964 bits per heavy atom. The summed E-state index contributed by atoms with van der Waals surface area (Å²) in [7, 11) is -4.78. The third kappa shape index (κ3) is 62.2. The van der Waals surface area contributed by atoms with Crippen LogP contribution in [0, 0.1) is 0 Å². The molecule has 0 saturated heterocycles. The van der Waals surface area contributed by atoms with Gasteiger partial charge in [0.05, 0.1) is 19.8 Å². The normalized spacial score (nSPS) is 14.1. The van der Waals surface area contributed by atoms with Crippen molar-refractivity contribution in [3.63, 3.8) is 0 Å². The maximum absolute atomic E-state index is 13.0. The lowest BCUT2D eigenvalue weighted by Crippen LogP contribution is -2.30. The Morgan fingerprint density at radius 1 is 0.345 bits per heavy atom. The van der Waals surface area contributed by atoms with Crippen LogP contribution < -0.4 is 0 Å². The van der Waals surface area contributed by atoms with E-state index >= 15 is 0 Å². The zero-order valence-electron chi connectivity index (χ0n) is 53.1. The van der Waals surface area contributed by atoms with Crippen LogP contribution >= 0.6 is 7.82 Å². The largest absolute Gasteiger partial charge is 0.472 e. The Hall–Kier alpha value is -4.38. The van der Waals surface area contributed by atoms with Crippen molar-refractivity contribution in [3.8, 4) is 0 Å². The summed E-state index contributed by atoms with van der Waals surface area (Å²) in [6.45, 7) is 4.35. The molecule has 0 amide bonds. The van der Waals surface area contributed by atoms with Gasteiger partial charge in [0.15, 0.2) is 6.10 Å². The third-order valence-corrected chi connectivity index (χ3v) is 14.5. The lowest BCUT2D eigenvalue weighted by atomic mass is 10.1. The highest BCUT2D eigenvalue weighted by Gasteiger charge is 2.28. The van der Waals surface area contributed by atoms with Crippen LogP contribution in [0.25, 0.3) is 0 Å². The first-order valence-corrected chi connectivity index (χ1v) is 34.6. The molecule has 0 aromatic rings. The number of aliphatic hydroxyl groups excluding tert-OH is 1. The van der Waals surface area contributed by atoms with Gasteiger partial charge in [-0.05, 0) is 135 Å². The molecule has 11 nitrogen and oxygen atoms in total. The molecule has 0 fully saturated rings. The Bertz CT molecular complexity index is 1920. The second-order valence-electron chi connectivity index (χ2n) is 21.5. The van der Waals surface area contributed by atoms with Crippen molar-refractivity contribution in [2.75, 3.05) is 26.4 Å². The molecular weight excluding hydrogens is 1070 g/mol. The molecule has 0 aromatic heterocycles. The van der Waals surface area contributed by atoms with Crippen LogP contribution in [0.5, 0.6) is 0 Å². The Labute approximate surface area is 512 Å². The highest BCUT2D eigenvalue weighted by Crippen LogP contribution is 2.43. The summed E-state index contributed by atoms with van der Waals surface area (Å²) in [5.41, 5.74) is 0. The van der Waals surface area contributed by atoms with Crippen molar-refractivity contribution in [1.29, 1.82) is 0 Å². The lowest BCUT2D eigenvalue weighted by Gasteiger charge is -2.21. The van der Waals surface area contributed by atoms with E-state index in [1.165, 1.54) is 57.8 Å². The van der Waals surface area contributed by atoms with Crippen molar-refractivity contribution < 1.29 is 52.2 Å². The predicted molar refractivity (Wildman–Crippen MR) is 353 cm³/mol. The smallest absolute Gasteiger partial charge is 0.462 e. The molecule has 0 rings (SSSR count). The van der Waals surface area contributed by atoms with Crippen LogP contribution in [0.3, 0.4) is 0 Å². The third-order valence-electron chi connectivity index (χ3n) is 13.5. The van der Waals surface area contributed by atoms with Crippen molar-refractivity contribution in [2.45, 2.75) is 277 Å². The lowest BCUT2D eigenvalue weighted by molar-refractivity contribution is -0.161. The van der Waals surface area contributed by atoms with Gasteiger partial charge < -0.3 is 24.2 Å². The second-order valence-corrected chi connectivity index (χ2v) is 23.0. The molecule has 3 atom stereocenters. The van der Waals surface area contributed by atoms with Crippen LogP contribution in [-0.2, 0) is 42.2 Å². The van der Waals surface area contributed by atoms with Crippen molar-refractivity contribution >= 4 is 25.7 Å². The Morgan fingerprint density at radius 2 is 0.619 bits per heavy atom. The van der Waals surface area contributed by atoms with Gasteiger partial charge in [-0.3, -0.25) is 23.4 Å². The monoisotopic (exact) mass is 1190 g/mol. The standard InChI is InChI=1S/C72H119O11P/c1-4-7-10-13-16-19-22-25-28-31-34-37-40-43-46-49-52-55-58-61-70(74)79-65-69(83-72(76)63-60-57-54-51-48-45-42-39-36-33-30-27-24-21-18-15-12-9-6-3)67-81-84(77,78)80-66-68(64-73)82-71(75)62-59-56-53-50-47-44-41-38-35-32-29-26-23-20-17-14-11-8-5-2/h7,9-10,12,16-21,25-30,34,36-37,39,45,48,68-69,73H,4-6,8,11,13-15,22-24,31-33,35,38,40-44,46-47,49-67H2,1-3H3,(H,77,78)/b10-7-,12-9-,19-16-,20-17-,21-18-,28-25-,29-26-,30-27-,37-34-,39-36-,48-45-. The SMILES string of the molecule is CC/C=C\C/C=C\C/C=C\C/C=C\C/C=C\CCCCCC(=O)OC(COC(=O)CCCCCCCC/C=C\C/C=C\C/C=C\C/C=C\CC)COP(=O)(O)OCC(CO)OC(=O)CCCCCCCCCCC/C=C\C/C=C\CCCCC. The molecule has 0 aliphatic rings. The molecule has 0 aliphatic heterocycles. The molecule has 12 heteroatoms. The van der Waals surface area contributed by atoms with E-state index in [2.05, 4.69) is 154 Å². The number of hydrogen-bond acceptors (Lipinski definition) is 10. The number of carbonyl (C=O) groups is 3. The number of unbranched alkanes of at least 4 members (excludes halogenated alkanes) is 21. The number of allylic oxidation sites excluding steroid dienone is 22. The maximum Gasteiger partial charge on any atom is 0.472 e. The molecule has 3 unspecified atom stereocenters. The van der Waals surface area contributed by atoms with E-state index in [0.29, 0.717) is 19.3 Å². The highest BCUT2D eigenvalue weighted by atomic mass is 31.2. The van der Waals surface area contributed by atoms with Crippen LogP contribution in [0.15, 0.2) is 134 Å². The van der Waals surface area contributed by atoms with Gasteiger partial charge in [-0.15, -0.1) is 0 Å². The zero-order chi connectivity index (χ0) is 61.2. The number of rotatable bonds is 60. The average Bonchev–Trinajstić information content (AvgIpc) is 3.53. The van der Waals surface area contributed by atoms with Crippen LogP contribution in [0.2, 0.25) is 0 Å². The number of aliphatic hydroxyl groups is 1. The number of phosphoric ester groups is 1. The first kappa shape index (κ1) is 79.6. The van der Waals surface area contributed by atoms with Gasteiger partial charge in [0, 0.05) is 19.3 Å². The zero-order valence-corrected chi connectivity index (χ0v) is 54.0. The summed E-state index contributed by atoms with van der Waals surface area (Å²) in [6, 6.07) is 0. The van der Waals surface area contributed by atoms with E-state index in [9.17, 15) is 28.9 Å². The minimum Gasteiger partial charge on any atom is -0.462 e. The maximum atomic E-state index is 13.0. The molecule has 84 heavy (non-hydrogen) atoms. The molecule has 0 bridgehead atoms. The average molecular weight is 1190 g/mol. The van der Waals surface area contributed by atoms with E-state index in [1.54, 1.807) is 0 Å².